The molecule has 6 heteroatoms. The fourth-order valence-corrected chi connectivity index (χ4v) is 2.63. The molecular weight excluding hydrogens is 344 g/mol. The fraction of sp³-hybridized carbons (Fsp3) is 0.286. The molecule has 2 rings (SSSR count). The number of anilines is 2. The normalized spacial score (nSPS) is 11.7. The van der Waals surface area contributed by atoms with Crippen molar-refractivity contribution in [3.05, 3.63) is 59.7 Å². The van der Waals surface area contributed by atoms with Crippen molar-refractivity contribution in [1.29, 1.82) is 0 Å². The van der Waals surface area contributed by atoms with Crippen molar-refractivity contribution in [2.45, 2.75) is 39.0 Å². The van der Waals surface area contributed by atoms with E-state index in [1.807, 2.05) is 25.1 Å². The molecule has 1 unspecified atom stereocenters. The van der Waals surface area contributed by atoms with Gasteiger partial charge < -0.3 is 15.7 Å². The van der Waals surface area contributed by atoms with Gasteiger partial charge in [0.05, 0.1) is 6.42 Å². The standard InChI is InChI=1S/C21H24N2O4/c1-13(2)16-5-4-6-18(12-16)23-21(27)20(26)22-17-9-7-15(8-10-17)14(3)11-19(24)25/h4-10,12-14H,11H2,1-3H3,(H,22,26)(H,23,27)(H,24,25). The fourth-order valence-electron chi connectivity index (χ4n) is 2.63. The van der Waals surface area contributed by atoms with Crippen LogP contribution in [0.3, 0.4) is 0 Å². The van der Waals surface area contributed by atoms with Crippen molar-refractivity contribution in [3.8, 4) is 0 Å². The van der Waals surface area contributed by atoms with Crippen LogP contribution in [-0.2, 0) is 14.4 Å². The Balaban J connectivity index is 1.97. The molecule has 6 nitrogen and oxygen atoms in total. The molecule has 142 valence electrons. The zero-order chi connectivity index (χ0) is 20.0. The zero-order valence-electron chi connectivity index (χ0n) is 15.7. The minimum absolute atomic E-state index is 0.0313. The first-order chi connectivity index (χ1) is 12.8. The predicted molar refractivity (Wildman–Crippen MR) is 105 cm³/mol. The van der Waals surface area contributed by atoms with Crippen LogP contribution in [-0.4, -0.2) is 22.9 Å². The van der Waals surface area contributed by atoms with E-state index in [4.69, 9.17) is 5.11 Å². The van der Waals surface area contributed by atoms with Gasteiger partial charge in [0.2, 0.25) is 0 Å². The van der Waals surface area contributed by atoms with Crippen LogP contribution in [0, 0.1) is 0 Å². The minimum Gasteiger partial charge on any atom is -0.481 e. The molecule has 1 atom stereocenters. The predicted octanol–water partition coefficient (Wildman–Crippen LogP) is 3.97. The highest BCUT2D eigenvalue weighted by Crippen LogP contribution is 2.21. The Bertz CT molecular complexity index is 828. The molecule has 0 bridgehead atoms. The van der Waals surface area contributed by atoms with E-state index < -0.39 is 17.8 Å². The lowest BCUT2D eigenvalue weighted by Crippen LogP contribution is -2.29. The van der Waals surface area contributed by atoms with E-state index >= 15 is 0 Å². The van der Waals surface area contributed by atoms with Crippen LogP contribution in [0.25, 0.3) is 0 Å². The number of nitrogens with one attached hydrogen (secondary N) is 2. The quantitative estimate of drug-likeness (QED) is 0.672. The van der Waals surface area contributed by atoms with Gasteiger partial charge in [-0.3, -0.25) is 14.4 Å². The summed E-state index contributed by atoms with van der Waals surface area (Å²) in [6, 6.07) is 14.2. The Morgan fingerprint density at radius 3 is 2.00 bits per heavy atom. The van der Waals surface area contributed by atoms with Gasteiger partial charge >= 0.3 is 17.8 Å². The number of hydrogen-bond acceptors (Lipinski definition) is 3. The van der Waals surface area contributed by atoms with Crippen LogP contribution in [0.2, 0.25) is 0 Å². The van der Waals surface area contributed by atoms with E-state index in [9.17, 15) is 14.4 Å². The monoisotopic (exact) mass is 368 g/mol. The number of hydrogen-bond donors (Lipinski definition) is 3. The molecule has 0 saturated carbocycles. The maximum Gasteiger partial charge on any atom is 0.314 e. The van der Waals surface area contributed by atoms with Crippen LogP contribution in [0.1, 0.15) is 50.2 Å². The second-order valence-corrected chi connectivity index (χ2v) is 6.81. The van der Waals surface area contributed by atoms with Gasteiger partial charge in [-0.25, -0.2) is 0 Å². The summed E-state index contributed by atoms with van der Waals surface area (Å²) in [4.78, 5) is 35.0. The summed E-state index contributed by atoms with van der Waals surface area (Å²) in [5.74, 6) is -2.20. The second-order valence-electron chi connectivity index (χ2n) is 6.81. The molecule has 0 radical (unpaired) electrons. The van der Waals surface area contributed by atoms with Crippen molar-refractivity contribution in [2.24, 2.45) is 0 Å². The Labute approximate surface area is 158 Å². The van der Waals surface area contributed by atoms with Gasteiger partial charge in [-0.05, 0) is 47.2 Å². The summed E-state index contributed by atoms with van der Waals surface area (Å²) < 4.78 is 0. The summed E-state index contributed by atoms with van der Waals surface area (Å²) >= 11 is 0. The van der Waals surface area contributed by atoms with Crippen molar-refractivity contribution in [2.75, 3.05) is 10.6 Å². The van der Waals surface area contributed by atoms with Crippen LogP contribution < -0.4 is 10.6 Å². The number of aliphatic carboxylic acids is 1. The molecule has 3 N–H and O–H groups in total. The maximum absolute atomic E-state index is 12.1. The molecule has 0 spiro atoms. The molecule has 0 heterocycles. The van der Waals surface area contributed by atoms with Gasteiger partial charge in [-0.15, -0.1) is 0 Å². The number of carbonyl (C=O) groups is 3. The number of amides is 2. The molecule has 0 fully saturated rings. The van der Waals surface area contributed by atoms with Gasteiger partial charge in [0.15, 0.2) is 0 Å². The Morgan fingerprint density at radius 1 is 0.852 bits per heavy atom. The number of benzene rings is 2. The lowest BCUT2D eigenvalue weighted by molar-refractivity contribution is -0.137. The van der Waals surface area contributed by atoms with Crippen LogP contribution >= 0.6 is 0 Å². The van der Waals surface area contributed by atoms with Crippen molar-refractivity contribution < 1.29 is 19.5 Å². The first-order valence-corrected chi connectivity index (χ1v) is 8.80. The van der Waals surface area contributed by atoms with Gasteiger partial charge in [-0.1, -0.05) is 45.0 Å². The Kier molecular flexibility index (Phi) is 6.71. The first kappa shape index (κ1) is 20.2. The van der Waals surface area contributed by atoms with E-state index in [2.05, 4.69) is 24.5 Å². The number of carboxylic acid groups (broad SMARTS) is 1. The maximum atomic E-state index is 12.1. The highest BCUT2D eigenvalue weighted by Gasteiger charge is 2.15. The van der Waals surface area contributed by atoms with Gasteiger partial charge in [0.25, 0.3) is 0 Å². The highest BCUT2D eigenvalue weighted by molar-refractivity contribution is 6.43. The van der Waals surface area contributed by atoms with E-state index in [0.29, 0.717) is 17.3 Å². The lowest BCUT2D eigenvalue weighted by Gasteiger charge is -2.11. The van der Waals surface area contributed by atoms with Crippen molar-refractivity contribution in [1.82, 2.24) is 0 Å². The Morgan fingerprint density at radius 2 is 1.44 bits per heavy atom. The smallest absolute Gasteiger partial charge is 0.314 e. The van der Waals surface area contributed by atoms with E-state index in [1.165, 1.54) is 0 Å². The molecule has 0 aliphatic carbocycles. The molecular formula is C21H24N2O4. The molecule has 0 aliphatic rings. The largest absolute Gasteiger partial charge is 0.481 e. The topological polar surface area (TPSA) is 95.5 Å². The van der Waals surface area contributed by atoms with E-state index in [0.717, 1.165) is 11.1 Å². The van der Waals surface area contributed by atoms with Crippen LogP contribution in [0.4, 0.5) is 11.4 Å². The van der Waals surface area contributed by atoms with Crippen LogP contribution in [0.5, 0.6) is 0 Å². The molecule has 0 aliphatic heterocycles. The van der Waals surface area contributed by atoms with E-state index in [1.54, 1.807) is 30.3 Å². The van der Waals surface area contributed by atoms with Crippen LogP contribution in [0.15, 0.2) is 48.5 Å². The molecule has 0 aromatic heterocycles. The third kappa shape index (κ3) is 5.95. The first-order valence-electron chi connectivity index (χ1n) is 8.80. The Hall–Kier alpha value is -3.15. The number of carboxylic acids is 1. The molecule has 2 amide bonds. The summed E-state index contributed by atoms with van der Waals surface area (Å²) in [6.07, 6.45) is 0.0313. The number of rotatable bonds is 6. The third-order valence-corrected chi connectivity index (χ3v) is 4.24. The van der Waals surface area contributed by atoms with E-state index in [-0.39, 0.29) is 12.3 Å². The molecule has 0 saturated heterocycles. The number of carbonyl (C=O) groups excluding carboxylic acids is 2. The highest BCUT2D eigenvalue weighted by atomic mass is 16.4. The zero-order valence-corrected chi connectivity index (χ0v) is 15.7. The summed E-state index contributed by atoms with van der Waals surface area (Å²) in [5.41, 5.74) is 2.96. The third-order valence-electron chi connectivity index (χ3n) is 4.24. The summed E-state index contributed by atoms with van der Waals surface area (Å²) in [5, 5.41) is 14.0. The van der Waals surface area contributed by atoms with Gasteiger partial charge in [0, 0.05) is 11.4 Å². The minimum atomic E-state index is -0.863. The summed E-state index contributed by atoms with van der Waals surface area (Å²) in [7, 11) is 0. The summed E-state index contributed by atoms with van der Waals surface area (Å²) in [6.45, 7) is 5.92. The molecule has 27 heavy (non-hydrogen) atoms. The lowest BCUT2D eigenvalue weighted by atomic mass is 9.98. The van der Waals surface area contributed by atoms with Gasteiger partial charge in [-0.2, -0.15) is 0 Å². The van der Waals surface area contributed by atoms with Gasteiger partial charge in [0.1, 0.15) is 0 Å². The SMILES string of the molecule is CC(C)c1cccc(NC(=O)C(=O)Nc2ccc(C(C)CC(=O)O)cc2)c1. The molecule has 2 aromatic carbocycles. The average Bonchev–Trinajstić information content (AvgIpc) is 2.61. The van der Waals surface area contributed by atoms with Crippen molar-refractivity contribution in [3.63, 3.8) is 0 Å². The average molecular weight is 368 g/mol. The van der Waals surface area contributed by atoms with Crippen molar-refractivity contribution >= 4 is 29.2 Å². The molecule has 2 aromatic rings. The second kappa shape index (κ2) is 8.98.